The predicted molar refractivity (Wildman–Crippen MR) is 416 cm³/mol. The molecule has 10 atom stereocenters. The number of carbonyl (C=O) groups is 8. The lowest BCUT2D eigenvalue weighted by molar-refractivity contribution is -0.143. The fourth-order valence-corrected chi connectivity index (χ4v) is 16.9. The minimum absolute atomic E-state index is 0.0127. The van der Waals surface area contributed by atoms with Crippen LogP contribution >= 0.6 is 11.6 Å². The first-order valence-corrected chi connectivity index (χ1v) is 41.4. The highest BCUT2D eigenvalue weighted by Crippen LogP contribution is 2.47. The predicted octanol–water partition coefficient (Wildman–Crippen LogP) is 7.48. The van der Waals surface area contributed by atoms with Gasteiger partial charge in [-0.15, -0.1) is 13.2 Å². The van der Waals surface area contributed by atoms with Gasteiger partial charge in [-0.3, -0.25) is 38.2 Å². The van der Waals surface area contributed by atoms with Gasteiger partial charge in [0.05, 0.1) is 23.6 Å². The minimum Gasteiger partial charge on any atom is -0.472 e. The lowest BCUT2D eigenvalue weighted by atomic mass is 9.85. The van der Waals surface area contributed by atoms with Crippen LogP contribution in [0, 0.1) is 34.3 Å². The second-order valence-corrected chi connectivity index (χ2v) is 36.5. The number of likely N-dealkylation sites (tertiary alicyclic amines) is 2. The number of nitrogens with zero attached hydrogens (tertiary/aromatic N) is 7. The molecule has 8 aliphatic rings. The van der Waals surface area contributed by atoms with E-state index in [-0.39, 0.29) is 79.8 Å². The van der Waals surface area contributed by atoms with E-state index < -0.39 is 160 Å². The average Bonchev–Trinajstić information content (AvgIpc) is 1.58. The van der Waals surface area contributed by atoms with Crippen LogP contribution in [0.1, 0.15) is 144 Å². The van der Waals surface area contributed by atoms with Crippen molar-refractivity contribution in [2.75, 3.05) is 56.8 Å². The second-order valence-electron chi connectivity index (χ2n) is 32.2. The third-order valence-electron chi connectivity index (χ3n) is 20.7. The van der Waals surface area contributed by atoms with Gasteiger partial charge in [0.2, 0.25) is 67.3 Å². The van der Waals surface area contributed by atoms with Crippen molar-refractivity contribution in [2.24, 2.45) is 22.7 Å². The Bertz CT molecular complexity index is 4430. The van der Waals surface area contributed by atoms with Crippen molar-refractivity contribution in [1.29, 1.82) is 0 Å². The number of hydrogen-bond donors (Lipinski definition) is 9. The molecule has 6 aliphatic carbocycles. The molecule has 4 heterocycles. The van der Waals surface area contributed by atoms with Crippen molar-refractivity contribution < 1.29 is 82.9 Å². The summed E-state index contributed by atoms with van der Waals surface area (Å²) in [6.45, 7) is 17.9. The number of carbonyl (C=O) groups excluding carboxylic acids is 8. The number of anilines is 5. The Balaban J connectivity index is 0.000000232. The highest BCUT2D eigenvalue weighted by atomic mass is 35.5. The Hall–Kier alpha value is -9.55. The molecule has 616 valence electrons. The van der Waals surface area contributed by atoms with E-state index in [0.717, 1.165) is 51.4 Å². The zero-order valence-corrected chi connectivity index (χ0v) is 67.5. The third-order valence-corrected chi connectivity index (χ3v) is 24.5. The van der Waals surface area contributed by atoms with Gasteiger partial charge in [0.25, 0.3) is 11.8 Å². The summed E-state index contributed by atoms with van der Waals surface area (Å²) in [5, 5.41) is 18.4. The first-order valence-electron chi connectivity index (χ1n) is 37.9. The van der Waals surface area contributed by atoms with Crippen LogP contribution < -0.4 is 61.0 Å². The number of aromatic nitrogens is 4. The van der Waals surface area contributed by atoms with Crippen LogP contribution in [-0.4, -0.2) is 206 Å². The molecule has 32 nitrogen and oxygen atoms in total. The summed E-state index contributed by atoms with van der Waals surface area (Å²) < 4.78 is 106. The number of alkyl carbamates (subject to hydrolysis) is 2. The van der Waals surface area contributed by atoms with E-state index in [1.54, 1.807) is 66.6 Å². The van der Waals surface area contributed by atoms with E-state index >= 15 is 0 Å². The number of benzene rings is 2. The molecule has 37 heteroatoms. The SMILES string of the molecule is C=C[C@@H]1C[C@]1(NC(=O)[C@@H]1C[C@@H](Oc2cc(Cl)nc(Nc3ccc(F)cc3)n2)CN1C(=O)[C@@H](NC(=O)OC1CCCC1)C(C)(C)C)C(=O)NS(=O)(=O)C1CC1.C=C[C@@H]1C[C@]1(NC(=O)[C@@H]1C[C@@H](Oc2cc(N(C)C)nc(Nc3ccc(F)cc3)n2)CN1C(=O)[C@@H](NC(=O)OC1CCCC1)C(C)(C)C)C(=O)NS(=O)(=O)C1CC1.CNC. The molecule has 12 rings (SSSR count). The van der Waals surface area contributed by atoms with Gasteiger partial charge in [-0.25, -0.2) is 40.2 Å². The van der Waals surface area contributed by atoms with Crippen LogP contribution in [0.25, 0.3) is 0 Å². The van der Waals surface area contributed by atoms with Crippen LogP contribution in [-0.2, 0) is 58.3 Å². The summed E-state index contributed by atoms with van der Waals surface area (Å²) in [5.41, 5.74) is -3.85. The van der Waals surface area contributed by atoms with E-state index in [9.17, 15) is 64.0 Å². The fourth-order valence-electron chi connectivity index (χ4n) is 14.0. The van der Waals surface area contributed by atoms with Crippen LogP contribution in [0.4, 0.5) is 47.5 Å². The topological polar surface area (TPSA) is 411 Å². The zero-order valence-electron chi connectivity index (χ0n) is 65.1. The number of nitrogens with one attached hydrogen (secondary N) is 9. The Labute approximate surface area is 662 Å². The molecule has 2 saturated heterocycles. The number of sulfonamides is 2. The van der Waals surface area contributed by atoms with Gasteiger partial charge in [-0.2, -0.15) is 15.0 Å². The van der Waals surface area contributed by atoms with E-state index in [0.29, 0.717) is 42.9 Å². The molecular formula is C76H103ClF2N16O16S2. The Morgan fingerprint density at radius 2 is 0.929 bits per heavy atom. The van der Waals surface area contributed by atoms with Crippen molar-refractivity contribution in [2.45, 2.75) is 214 Å². The highest BCUT2D eigenvalue weighted by molar-refractivity contribution is 7.91. The van der Waals surface area contributed by atoms with Crippen LogP contribution in [0.3, 0.4) is 0 Å². The Kier molecular flexibility index (Phi) is 26.9. The monoisotopic (exact) mass is 1630 g/mol. The van der Waals surface area contributed by atoms with Crippen LogP contribution in [0.15, 0.2) is 86.0 Å². The number of halogens is 3. The average molecular weight is 1630 g/mol. The molecule has 0 radical (unpaired) electrons. The van der Waals surface area contributed by atoms with Gasteiger partial charge in [-0.1, -0.05) is 65.3 Å². The largest absolute Gasteiger partial charge is 0.472 e. The molecule has 8 amide bonds. The third kappa shape index (κ3) is 22.1. The smallest absolute Gasteiger partial charge is 0.408 e. The summed E-state index contributed by atoms with van der Waals surface area (Å²) >= 11 is 6.29. The zero-order chi connectivity index (χ0) is 82.3. The number of rotatable bonds is 27. The molecule has 0 spiro atoms. The molecule has 2 aromatic carbocycles. The van der Waals surface area contributed by atoms with Gasteiger partial charge in [0.1, 0.15) is 82.3 Å². The minimum atomic E-state index is -3.93. The maximum absolute atomic E-state index is 14.6. The molecule has 2 aromatic heterocycles. The second kappa shape index (κ2) is 35.5. The maximum atomic E-state index is 14.6. The molecule has 6 saturated carbocycles. The quantitative estimate of drug-likeness (QED) is 0.0206. The molecular weight excluding hydrogens is 1530 g/mol. The normalized spacial score (nSPS) is 23.9. The van der Waals surface area contributed by atoms with Gasteiger partial charge in [0, 0.05) is 62.3 Å². The molecule has 9 N–H and O–H groups in total. The van der Waals surface area contributed by atoms with Gasteiger partial charge >= 0.3 is 12.2 Å². The van der Waals surface area contributed by atoms with Crippen LogP contribution in [0.5, 0.6) is 11.8 Å². The van der Waals surface area contributed by atoms with Crippen molar-refractivity contribution in [3.05, 3.63) is 103 Å². The van der Waals surface area contributed by atoms with Gasteiger partial charge in [0.15, 0.2) is 0 Å². The summed E-state index contributed by atoms with van der Waals surface area (Å²) in [7, 11) is -0.552. The summed E-state index contributed by atoms with van der Waals surface area (Å²) in [6, 6.07) is 9.38. The van der Waals surface area contributed by atoms with Gasteiger partial charge < -0.3 is 70.9 Å². The number of hydrogen-bond acceptors (Lipinski definition) is 24. The number of ether oxygens (including phenoxy) is 4. The van der Waals surface area contributed by atoms with E-state index in [1.165, 1.54) is 76.5 Å². The first-order chi connectivity index (χ1) is 53.3. The standard InChI is InChI=1S/C38H51FN8O8S.C36H45ClFN7O8S.C2H7N/c1-7-22-20-38(22,34(50)45-56(52,53)27-16-17-27)44-32(48)28-18-26(21-47(28)33(49)31(37(2,3)4)43-36(51)55-25-10-8-9-11-25)54-30-19-29(46(5)6)41-35(42-30)40-24-14-12-23(39)13-15-24;1-5-20-18-36(20,32(48)44-54(50,51)25-14-15-25)43-30(46)26-16-24(52-28-17-27(37)40-33(41-28)39-22-12-10-21(38)11-13-22)19-45(26)31(47)29(35(2,3)4)42-34(49)53-23-8-6-7-9-23;1-3-2/h7,12-15,19,22,25-28,31H,1,8-11,16-18,20-21H2,2-6H3,(H,43,51)(H,44,48)(H,45,50)(H,40,41,42);5,10-13,17,20,23-26,29H,1,6-9,14-16,18-19H2,2-4H3,(H,42,49)(H,43,46)(H,44,48)(H,39,40,41);3H,1-2H3/t22-,26-,28+,31-,38-;20-,24-,26+,29-,36-;/m11./s1. The van der Waals surface area contributed by atoms with E-state index in [1.807, 2.05) is 14.1 Å². The van der Waals surface area contributed by atoms with Crippen molar-refractivity contribution in [3.63, 3.8) is 0 Å². The van der Waals surface area contributed by atoms with Crippen molar-refractivity contribution in [1.82, 2.24) is 65.8 Å². The Morgan fingerprint density at radius 1 is 0.566 bits per heavy atom. The van der Waals surface area contributed by atoms with E-state index in [4.69, 9.17) is 30.5 Å². The Morgan fingerprint density at radius 3 is 1.27 bits per heavy atom. The highest BCUT2D eigenvalue weighted by Gasteiger charge is 2.64. The summed E-state index contributed by atoms with van der Waals surface area (Å²) in [6.07, 6.45) is 7.86. The van der Waals surface area contributed by atoms with Crippen molar-refractivity contribution >= 4 is 108 Å². The lowest BCUT2D eigenvalue weighted by Crippen LogP contribution is -2.60. The summed E-state index contributed by atoms with van der Waals surface area (Å²) in [5.74, 6) is -5.50. The van der Waals surface area contributed by atoms with Gasteiger partial charge in [-0.05, 0) is 163 Å². The lowest BCUT2D eigenvalue weighted by Gasteiger charge is -2.35. The molecule has 4 aromatic rings. The molecule has 2 aliphatic heterocycles. The number of amides is 8. The fraction of sp³-hybridized carbons (Fsp3) is 0.579. The van der Waals surface area contributed by atoms with Crippen molar-refractivity contribution in [3.8, 4) is 11.8 Å². The van der Waals surface area contributed by atoms with E-state index in [2.05, 4.69) is 79.8 Å². The maximum Gasteiger partial charge on any atom is 0.408 e. The molecule has 0 unspecified atom stereocenters. The first kappa shape index (κ1) is 85.9. The molecule has 0 bridgehead atoms. The molecule has 8 fully saturated rings. The summed E-state index contributed by atoms with van der Waals surface area (Å²) in [4.78, 5) is 133. The molecule has 113 heavy (non-hydrogen) atoms. The van der Waals surface area contributed by atoms with Crippen LogP contribution in [0.2, 0.25) is 5.15 Å².